The average molecular weight is 306 g/mol. The Bertz CT molecular complexity index is 558. The summed E-state index contributed by atoms with van der Waals surface area (Å²) < 4.78 is 9.60. The molecule has 1 unspecified atom stereocenters. The molecule has 1 aromatic heterocycles. The largest absolute Gasteiger partial charge is 0.497 e. The minimum absolute atomic E-state index is 0.252. The molecule has 6 heteroatoms. The van der Waals surface area contributed by atoms with E-state index >= 15 is 0 Å². The molecule has 1 heterocycles. The Morgan fingerprint density at radius 3 is 3.05 bits per heavy atom. The highest BCUT2D eigenvalue weighted by Crippen LogP contribution is 2.17. The van der Waals surface area contributed by atoms with Crippen LogP contribution in [0.5, 0.6) is 5.75 Å². The maximum Gasteiger partial charge on any atom is 0.202 e. The second-order valence-corrected chi connectivity index (χ2v) is 5.68. The predicted octanol–water partition coefficient (Wildman–Crippen LogP) is 2.68. The lowest BCUT2D eigenvalue weighted by atomic mass is 10.1. The van der Waals surface area contributed by atoms with Gasteiger partial charge in [0.15, 0.2) is 0 Å². The van der Waals surface area contributed by atoms with Crippen molar-refractivity contribution in [2.24, 2.45) is 5.73 Å². The van der Waals surface area contributed by atoms with Gasteiger partial charge in [-0.2, -0.15) is 4.37 Å². The number of methoxy groups -OCH3 is 1. The van der Waals surface area contributed by atoms with Gasteiger partial charge in [0, 0.05) is 30.5 Å². The quantitative estimate of drug-likeness (QED) is 0.784. The Morgan fingerprint density at radius 2 is 2.29 bits per heavy atom. The molecule has 2 rings (SSSR count). The van der Waals surface area contributed by atoms with E-state index in [1.54, 1.807) is 7.11 Å². The molecule has 0 amide bonds. The van der Waals surface area contributed by atoms with Crippen LogP contribution < -0.4 is 15.8 Å². The van der Waals surface area contributed by atoms with Crippen LogP contribution in [0.1, 0.15) is 31.2 Å². The van der Waals surface area contributed by atoms with Gasteiger partial charge in [0.1, 0.15) is 11.6 Å². The first-order valence-electron chi connectivity index (χ1n) is 7.16. The van der Waals surface area contributed by atoms with Crippen molar-refractivity contribution < 1.29 is 4.74 Å². The van der Waals surface area contributed by atoms with Crippen molar-refractivity contribution in [1.29, 1.82) is 0 Å². The lowest BCUT2D eigenvalue weighted by Gasteiger charge is -2.07. The van der Waals surface area contributed by atoms with Crippen molar-refractivity contribution in [2.45, 2.75) is 32.2 Å². The minimum Gasteiger partial charge on any atom is -0.497 e. The van der Waals surface area contributed by atoms with E-state index < -0.39 is 0 Å². The lowest BCUT2D eigenvalue weighted by molar-refractivity contribution is 0.414. The maximum atomic E-state index is 5.89. The molecule has 0 aliphatic rings. The summed E-state index contributed by atoms with van der Waals surface area (Å²) in [7, 11) is 1.67. The summed E-state index contributed by atoms with van der Waals surface area (Å²) in [5.74, 6) is 1.69. The molecule has 2 aromatic rings. The van der Waals surface area contributed by atoms with Gasteiger partial charge in [-0.3, -0.25) is 0 Å². The van der Waals surface area contributed by atoms with E-state index in [0.29, 0.717) is 6.42 Å². The van der Waals surface area contributed by atoms with Gasteiger partial charge in [-0.05, 0) is 30.5 Å². The zero-order valence-corrected chi connectivity index (χ0v) is 13.3. The fourth-order valence-corrected chi connectivity index (χ4v) is 2.54. The smallest absolute Gasteiger partial charge is 0.202 e. The molecule has 5 nitrogen and oxygen atoms in total. The molecule has 0 spiro atoms. The molecule has 0 aliphatic heterocycles. The van der Waals surface area contributed by atoms with E-state index in [2.05, 4.69) is 27.7 Å². The van der Waals surface area contributed by atoms with Crippen LogP contribution in [0.3, 0.4) is 0 Å². The van der Waals surface area contributed by atoms with Crippen LogP contribution in [0.4, 0.5) is 5.13 Å². The molecule has 0 saturated heterocycles. The first-order chi connectivity index (χ1) is 10.2. The summed E-state index contributed by atoms with van der Waals surface area (Å²) in [6, 6.07) is 8.22. The van der Waals surface area contributed by atoms with Crippen LogP contribution in [-0.4, -0.2) is 29.1 Å². The predicted molar refractivity (Wildman–Crippen MR) is 87.1 cm³/mol. The number of anilines is 1. The molecule has 0 saturated carbocycles. The van der Waals surface area contributed by atoms with Crippen LogP contribution in [-0.2, 0) is 6.42 Å². The number of nitrogens with zero attached hydrogens (tertiary/aromatic N) is 2. The van der Waals surface area contributed by atoms with E-state index in [-0.39, 0.29) is 6.04 Å². The van der Waals surface area contributed by atoms with Crippen LogP contribution in [0.15, 0.2) is 24.3 Å². The Hall–Kier alpha value is -1.66. The fraction of sp³-hybridized carbons (Fsp3) is 0.467. The van der Waals surface area contributed by atoms with Gasteiger partial charge in [-0.15, -0.1) is 0 Å². The second-order valence-electron chi connectivity index (χ2n) is 4.93. The monoisotopic (exact) mass is 306 g/mol. The van der Waals surface area contributed by atoms with Crippen molar-refractivity contribution in [3.05, 3.63) is 35.7 Å². The highest BCUT2D eigenvalue weighted by molar-refractivity contribution is 7.09. The van der Waals surface area contributed by atoms with Gasteiger partial charge in [-0.25, -0.2) is 4.98 Å². The number of nitrogens with two attached hydrogens (primary N) is 1. The molecular formula is C15H22N4OS. The van der Waals surface area contributed by atoms with Gasteiger partial charge < -0.3 is 15.8 Å². The summed E-state index contributed by atoms with van der Waals surface area (Å²) in [6.07, 6.45) is 2.66. The molecule has 3 N–H and O–H groups in total. The number of hydrogen-bond donors (Lipinski definition) is 2. The third-order valence-electron chi connectivity index (χ3n) is 3.28. The standard InChI is InChI=1S/C15H22N4OS/c1-3-12(16)7-8-17-15-18-14(19-21-15)10-11-5-4-6-13(9-11)20-2/h4-6,9,12H,3,7-8,10,16H2,1-2H3,(H,17,18,19). The first-order valence-corrected chi connectivity index (χ1v) is 7.93. The van der Waals surface area contributed by atoms with Crippen molar-refractivity contribution in [3.8, 4) is 5.75 Å². The minimum atomic E-state index is 0.252. The Balaban J connectivity index is 1.87. The average Bonchev–Trinajstić information content (AvgIpc) is 2.94. The highest BCUT2D eigenvalue weighted by Gasteiger charge is 2.06. The van der Waals surface area contributed by atoms with E-state index in [9.17, 15) is 0 Å². The maximum absolute atomic E-state index is 5.89. The van der Waals surface area contributed by atoms with E-state index in [1.165, 1.54) is 11.5 Å². The van der Waals surface area contributed by atoms with Gasteiger partial charge in [0.25, 0.3) is 0 Å². The summed E-state index contributed by atoms with van der Waals surface area (Å²) in [5.41, 5.74) is 7.03. The van der Waals surface area contributed by atoms with Crippen molar-refractivity contribution in [3.63, 3.8) is 0 Å². The summed E-state index contributed by atoms with van der Waals surface area (Å²) in [6.45, 7) is 2.94. The van der Waals surface area contributed by atoms with Crippen LogP contribution in [0, 0.1) is 0 Å². The second kappa shape index (κ2) is 7.95. The highest BCUT2D eigenvalue weighted by atomic mass is 32.1. The van der Waals surface area contributed by atoms with Crippen LogP contribution >= 0.6 is 11.5 Å². The zero-order valence-electron chi connectivity index (χ0n) is 12.5. The number of aromatic nitrogens is 2. The first kappa shape index (κ1) is 15.7. The zero-order chi connectivity index (χ0) is 15.1. The molecule has 21 heavy (non-hydrogen) atoms. The summed E-state index contributed by atoms with van der Waals surface area (Å²) in [4.78, 5) is 4.50. The molecule has 0 radical (unpaired) electrons. The van der Waals surface area contributed by atoms with Gasteiger partial charge in [0.05, 0.1) is 7.11 Å². The number of benzene rings is 1. The van der Waals surface area contributed by atoms with Crippen molar-refractivity contribution in [2.75, 3.05) is 19.0 Å². The van der Waals surface area contributed by atoms with Gasteiger partial charge in [-0.1, -0.05) is 19.1 Å². The fourth-order valence-electron chi connectivity index (χ4n) is 1.93. The molecule has 1 aromatic carbocycles. The number of rotatable bonds is 8. The third-order valence-corrected chi connectivity index (χ3v) is 3.99. The van der Waals surface area contributed by atoms with E-state index in [0.717, 1.165) is 41.7 Å². The van der Waals surface area contributed by atoms with Crippen LogP contribution in [0.2, 0.25) is 0 Å². The van der Waals surface area contributed by atoms with Gasteiger partial charge in [0.2, 0.25) is 5.13 Å². The van der Waals surface area contributed by atoms with Gasteiger partial charge >= 0.3 is 0 Å². The summed E-state index contributed by atoms with van der Waals surface area (Å²) in [5, 5.41) is 4.14. The van der Waals surface area contributed by atoms with Crippen molar-refractivity contribution in [1.82, 2.24) is 9.36 Å². The van der Waals surface area contributed by atoms with Crippen LogP contribution in [0.25, 0.3) is 0 Å². The molecule has 0 fully saturated rings. The Labute approximate surface area is 129 Å². The number of nitrogens with one attached hydrogen (secondary N) is 1. The topological polar surface area (TPSA) is 73.1 Å². The number of ether oxygens (including phenoxy) is 1. The SMILES string of the molecule is CCC(N)CCNc1nc(Cc2cccc(OC)c2)ns1. The van der Waals surface area contributed by atoms with E-state index in [4.69, 9.17) is 10.5 Å². The normalized spacial score (nSPS) is 12.1. The molecule has 1 atom stereocenters. The number of hydrogen-bond acceptors (Lipinski definition) is 6. The summed E-state index contributed by atoms with van der Waals surface area (Å²) >= 11 is 1.39. The third kappa shape index (κ3) is 4.99. The molecule has 0 aliphatic carbocycles. The molecule has 114 valence electrons. The van der Waals surface area contributed by atoms with E-state index in [1.807, 2.05) is 18.2 Å². The lowest BCUT2D eigenvalue weighted by Crippen LogP contribution is -2.22. The molecular weight excluding hydrogens is 284 g/mol. The Kier molecular flexibility index (Phi) is 5.95. The van der Waals surface area contributed by atoms with Crippen molar-refractivity contribution >= 4 is 16.7 Å². The Morgan fingerprint density at radius 1 is 1.43 bits per heavy atom. The molecule has 0 bridgehead atoms.